The highest BCUT2D eigenvalue weighted by atomic mass is 16.1. The molecule has 1 aliphatic carbocycles. The van der Waals surface area contributed by atoms with Crippen LogP contribution in [-0.4, -0.2) is 29.3 Å². The van der Waals surface area contributed by atoms with Gasteiger partial charge in [0.25, 0.3) is 0 Å². The van der Waals surface area contributed by atoms with Crippen LogP contribution in [0.15, 0.2) is 0 Å². The first-order valence-corrected chi connectivity index (χ1v) is 7.05. The van der Waals surface area contributed by atoms with Gasteiger partial charge in [-0.3, -0.25) is 9.69 Å². The summed E-state index contributed by atoms with van der Waals surface area (Å²) in [6.07, 6.45) is 11.8. The van der Waals surface area contributed by atoms with E-state index in [-0.39, 0.29) is 6.04 Å². The second-order valence-corrected chi connectivity index (χ2v) is 5.51. The predicted octanol–water partition coefficient (Wildman–Crippen LogP) is 3.15. The minimum atomic E-state index is 0.247. The smallest absolute Gasteiger partial charge is 0.146 e. The molecular weight excluding hydrogens is 198 g/mol. The first-order chi connectivity index (χ1) is 7.79. The second kappa shape index (κ2) is 5.81. The molecule has 1 atom stereocenters. The third-order valence-electron chi connectivity index (χ3n) is 4.31. The maximum absolute atomic E-state index is 11.7. The molecule has 2 fully saturated rings. The van der Waals surface area contributed by atoms with Crippen molar-refractivity contribution in [1.29, 1.82) is 0 Å². The summed E-state index contributed by atoms with van der Waals surface area (Å²) >= 11 is 0. The van der Waals surface area contributed by atoms with Gasteiger partial charge in [0.05, 0.1) is 6.04 Å². The molecule has 2 heteroatoms. The van der Waals surface area contributed by atoms with E-state index in [2.05, 4.69) is 4.90 Å². The van der Waals surface area contributed by atoms with Crippen molar-refractivity contribution in [2.45, 2.75) is 76.8 Å². The van der Waals surface area contributed by atoms with Crippen molar-refractivity contribution in [2.24, 2.45) is 0 Å². The zero-order valence-corrected chi connectivity index (χ0v) is 10.6. The van der Waals surface area contributed by atoms with Crippen LogP contribution in [0.3, 0.4) is 0 Å². The Balaban J connectivity index is 2.00. The Morgan fingerprint density at radius 2 is 1.56 bits per heavy atom. The standard InChI is InChI=1S/C14H25NO/c1-12(16)14-10-6-7-11-15(14)13-8-4-2-3-5-9-13/h13-14H,2-11H2,1H3. The summed E-state index contributed by atoms with van der Waals surface area (Å²) in [6, 6.07) is 0.952. The van der Waals surface area contributed by atoms with Crippen molar-refractivity contribution in [3.63, 3.8) is 0 Å². The fourth-order valence-electron chi connectivity index (χ4n) is 3.42. The Labute approximate surface area is 99.4 Å². The first-order valence-electron chi connectivity index (χ1n) is 7.05. The van der Waals surface area contributed by atoms with E-state index in [0.717, 1.165) is 13.0 Å². The van der Waals surface area contributed by atoms with Crippen molar-refractivity contribution in [3.05, 3.63) is 0 Å². The van der Waals surface area contributed by atoms with E-state index in [1.165, 1.54) is 51.4 Å². The van der Waals surface area contributed by atoms with E-state index in [1.807, 2.05) is 0 Å². The Kier molecular flexibility index (Phi) is 4.39. The molecule has 92 valence electrons. The summed E-state index contributed by atoms with van der Waals surface area (Å²) in [5, 5.41) is 0. The maximum atomic E-state index is 11.7. The lowest BCUT2D eigenvalue weighted by molar-refractivity contribution is -0.124. The summed E-state index contributed by atoms with van der Waals surface area (Å²) in [5.74, 6) is 0.393. The molecule has 0 radical (unpaired) electrons. The van der Waals surface area contributed by atoms with Crippen LogP contribution in [0, 0.1) is 0 Å². The van der Waals surface area contributed by atoms with Gasteiger partial charge in [-0.1, -0.05) is 32.1 Å². The second-order valence-electron chi connectivity index (χ2n) is 5.51. The number of Topliss-reactive ketones (excluding diaryl/α,β-unsaturated/α-hetero) is 1. The summed E-state index contributed by atoms with van der Waals surface area (Å²) < 4.78 is 0. The molecular formula is C14H25NO. The highest BCUT2D eigenvalue weighted by Crippen LogP contribution is 2.28. The van der Waals surface area contributed by atoms with E-state index in [0.29, 0.717) is 11.8 Å². The molecule has 1 heterocycles. The van der Waals surface area contributed by atoms with Crippen LogP contribution in [0.2, 0.25) is 0 Å². The zero-order valence-electron chi connectivity index (χ0n) is 10.6. The van der Waals surface area contributed by atoms with Gasteiger partial charge in [0, 0.05) is 6.04 Å². The highest BCUT2D eigenvalue weighted by molar-refractivity contribution is 5.81. The van der Waals surface area contributed by atoms with Gasteiger partial charge in [-0.15, -0.1) is 0 Å². The molecule has 16 heavy (non-hydrogen) atoms. The third-order valence-corrected chi connectivity index (χ3v) is 4.31. The number of nitrogens with zero attached hydrogens (tertiary/aromatic N) is 1. The van der Waals surface area contributed by atoms with Crippen LogP contribution in [0.5, 0.6) is 0 Å². The number of rotatable bonds is 2. The van der Waals surface area contributed by atoms with Crippen LogP contribution in [0.25, 0.3) is 0 Å². The summed E-state index contributed by atoms with van der Waals surface area (Å²) in [7, 11) is 0. The number of piperidine rings is 1. The highest BCUT2D eigenvalue weighted by Gasteiger charge is 2.31. The lowest BCUT2D eigenvalue weighted by atomic mass is 9.94. The van der Waals surface area contributed by atoms with E-state index >= 15 is 0 Å². The summed E-state index contributed by atoms with van der Waals surface area (Å²) in [6.45, 7) is 2.94. The normalized spacial score (nSPS) is 29.9. The molecule has 0 aromatic carbocycles. The van der Waals surface area contributed by atoms with E-state index in [9.17, 15) is 4.79 Å². The van der Waals surface area contributed by atoms with E-state index in [1.54, 1.807) is 6.92 Å². The molecule has 2 nitrogen and oxygen atoms in total. The van der Waals surface area contributed by atoms with Crippen LogP contribution < -0.4 is 0 Å². The monoisotopic (exact) mass is 223 g/mol. The van der Waals surface area contributed by atoms with E-state index < -0.39 is 0 Å². The fourth-order valence-corrected chi connectivity index (χ4v) is 3.42. The number of hydrogen-bond donors (Lipinski definition) is 0. The van der Waals surface area contributed by atoms with Crippen molar-refractivity contribution in [2.75, 3.05) is 6.54 Å². The van der Waals surface area contributed by atoms with Gasteiger partial charge in [-0.05, 0) is 39.2 Å². The average molecular weight is 223 g/mol. The van der Waals surface area contributed by atoms with Crippen LogP contribution in [0.4, 0.5) is 0 Å². The SMILES string of the molecule is CC(=O)C1CCCCN1C1CCCCCC1. The van der Waals surface area contributed by atoms with Crippen molar-refractivity contribution >= 4 is 5.78 Å². The van der Waals surface area contributed by atoms with Gasteiger partial charge in [-0.25, -0.2) is 0 Å². The first kappa shape index (κ1) is 12.1. The van der Waals surface area contributed by atoms with E-state index in [4.69, 9.17) is 0 Å². The van der Waals surface area contributed by atoms with Gasteiger partial charge in [0.2, 0.25) is 0 Å². The quantitative estimate of drug-likeness (QED) is 0.670. The zero-order chi connectivity index (χ0) is 11.4. The largest absolute Gasteiger partial charge is 0.298 e. The molecule has 1 saturated heterocycles. The van der Waals surface area contributed by atoms with Gasteiger partial charge >= 0.3 is 0 Å². The molecule has 0 aromatic heterocycles. The van der Waals surface area contributed by atoms with Crippen LogP contribution >= 0.6 is 0 Å². The van der Waals surface area contributed by atoms with Gasteiger partial charge in [0.15, 0.2) is 0 Å². The molecule has 0 spiro atoms. The fraction of sp³-hybridized carbons (Fsp3) is 0.929. The number of carbonyl (C=O) groups is 1. The molecule has 0 amide bonds. The Bertz CT molecular complexity index is 231. The summed E-state index contributed by atoms with van der Waals surface area (Å²) in [5.41, 5.74) is 0. The minimum Gasteiger partial charge on any atom is -0.298 e. The predicted molar refractivity (Wildman–Crippen MR) is 66.5 cm³/mol. The van der Waals surface area contributed by atoms with Gasteiger partial charge < -0.3 is 0 Å². The van der Waals surface area contributed by atoms with Crippen LogP contribution in [-0.2, 0) is 4.79 Å². The van der Waals surface area contributed by atoms with Gasteiger partial charge in [-0.2, -0.15) is 0 Å². The average Bonchev–Trinajstić information content (AvgIpc) is 2.57. The molecule has 2 rings (SSSR count). The van der Waals surface area contributed by atoms with Crippen molar-refractivity contribution in [1.82, 2.24) is 4.90 Å². The van der Waals surface area contributed by atoms with Crippen molar-refractivity contribution in [3.8, 4) is 0 Å². The summed E-state index contributed by atoms with van der Waals surface area (Å²) in [4.78, 5) is 14.2. The molecule has 2 aliphatic rings. The Hall–Kier alpha value is -0.370. The Morgan fingerprint density at radius 1 is 0.938 bits per heavy atom. The molecule has 1 saturated carbocycles. The topological polar surface area (TPSA) is 20.3 Å². The molecule has 0 aromatic rings. The minimum absolute atomic E-state index is 0.247. The van der Waals surface area contributed by atoms with Crippen molar-refractivity contribution < 1.29 is 4.79 Å². The van der Waals surface area contributed by atoms with Crippen LogP contribution in [0.1, 0.15) is 64.7 Å². The molecule has 1 unspecified atom stereocenters. The van der Waals surface area contributed by atoms with Gasteiger partial charge in [0.1, 0.15) is 5.78 Å². The number of ketones is 1. The maximum Gasteiger partial charge on any atom is 0.146 e. The number of carbonyl (C=O) groups excluding carboxylic acids is 1. The number of hydrogen-bond acceptors (Lipinski definition) is 2. The molecule has 0 N–H and O–H groups in total. The lowest BCUT2D eigenvalue weighted by Crippen LogP contribution is -2.49. The third kappa shape index (κ3) is 2.85. The Morgan fingerprint density at radius 3 is 2.19 bits per heavy atom. The lowest BCUT2D eigenvalue weighted by Gasteiger charge is -2.40. The molecule has 0 bridgehead atoms. The number of likely N-dealkylation sites (tertiary alicyclic amines) is 1. The molecule has 1 aliphatic heterocycles.